The molecule has 0 amide bonds. The Kier molecular flexibility index (Phi) is 14.8. The van der Waals surface area contributed by atoms with E-state index in [4.69, 9.17) is 9.47 Å². The van der Waals surface area contributed by atoms with Crippen molar-refractivity contribution >= 4 is 0 Å². The van der Waals surface area contributed by atoms with Crippen molar-refractivity contribution in [1.29, 1.82) is 0 Å². The van der Waals surface area contributed by atoms with Crippen molar-refractivity contribution in [2.45, 2.75) is 47.1 Å². The van der Waals surface area contributed by atoms with E-state index in [1.807, 2.05) is 45.1 Å². The Balaban J connectivity index is 0.00000353. The summed E-state index contributed by atoms with van der Waals surface area (Å²) in [6.07, 6.45) is 21.7. The van der Waals surface area contributed by atoms with Gasteiger partial charge in [0, 0.05) is 7.85 Å². The number of ether oxygens (including phenoxy) is 2. The van der Waals surface area contributed by atoms with Gasteiger partial charge in [-0.2, -0.15) is 0 Å². The smallest absolute Gasteiger partial charge is 0.101 e. The Morgan fingerprint density at radius 1 is 1.06 bits per heavy atom. The molecule has 2 nitrogen and oxygen atoms in total. The van der Waals surface area contributed by atoms with Crippen LogP contribution in [0.2, 0.25) is 0 Å². The van der Waals surface area contributed by atoms with Crippen LogP contribution in [0.15, 0.2) is 121 Å². The van der Waals surface area contributed by atoms with Crippen molar-refractivity contribution in [2.75, 3.05) is 13.2 Å². The molecular formula is C31H42O2. The first-order chi connectivity index (χ1) is 16.1. The highest BCUT2D eigenvalue weighted by Gasteiger charge is 2.07. The minimum absolute atomic E-state index is 0. The normalized spacial score (nSPS) is 13.8. The van der Waals surface area contributed by atoms with E-state index in [2.05, 4.69) is 74.7 Å². The molecule has 0 spiro atoms. The summed E-state index contributed by atoms with van der Waals surface area (Å²) in [4.78, 5) is 0. The van der Waals surface area contributed by atoms with Gasteiger partial charge in [-0.25, -0.2) is 0 Å². The SMILES string of the molecule is C=C/C=C\C=C/COCc1ccc(C/C(=C/C(=C)C2=C(C)CC=CC=C2)OCC)cc1.CC.[HH]. The minimum Gasteiger partial charge on any atom is -0.498 e. The quantitative estimate of drug-likeness (QED) is 0.182. The van der Waals surface area contributed by atoms with Gasteiger partial charge in [-0.1, -0.05) is 112 Å². The molecule has 178 valence electrons. The molecule has 33 heavy (non-hydrogen) atoms. The Morgan fingerprint density at radius 2 is 1.79 bits per heavy atom. The largest absolute Gasteiger partial charge is 0.498 e. The van der Waals surface area contributed by atoms with Gasteiger partial charge in [-0.15, -0.1) is 0 Å². The third-order valence-electron chi connectivity index (χ3n) is 4.78. The second-order valence-electron chi connectivity index (χ2n) is 7.31. The predicted octanol–water partition coefficient (Wildman–Crippen LogP) is 8.63. The van der Waals surface area contributed by atoms with Crippen molar-refractivity contribution in [2.24, 2.45) is 0 Å². The molecule has 0 bridgehead atoms. The summed E-state index contributed by atoms with van der Waals surface area (Å²) in [5.41, 5.74) is 5.85. The molecule has 0 unspecified atom stereocenters. The van der Waals surface area contributed by atoms with E-state index in [0.29, 0.717) is 19.8 Å². The molecule has 0 saturated carbocycles. The van der Waals surface area contributed by atoms with E-state index in [-0.39, 0.29) is 1.43 Å². The summed E-state index contributed by atoms with van der Waals surface area (Å²) in [6, 6.07) is 8.50. The third-order valence-corrected chi connectivity index (χ3v) is 4.78. The van der Waals surface area contributed by atoms with Gasteiger partial charge in [-0.05, 0) is 48.6 Å². The van der Waals surface area contributed by atoms with E-state index in [9.17, 15) is 0 Å². The van der Waals surface area contributed by atoms with E-state index in [0.717, 1.165) is 29.7 Å². The van der Waals surface area contributed by atoms with Crippen LogP contribution >= 0.6 is 0 Å². The van der Waals surface area contributed by atoms with Gasteiger partial charge in [0.15, 0.2) is 0 Å². The molecular weight excluding hydrogens is 404 g/mol. The fourth-order valence-corrected chi connectivity index (χ4v) is 3.19. The maximum atomic E-state index is 5.92. The molecule has 0 heterocycles. The summed E-state index contributed by atoms with van der Waals surface area (Å²) < 4.78 is 11.6. The molecule has 2 rings (SSSR count). The third kappa shape index (κ3) is 11.4. The first-order valence-electron chi connectivity index (χ1n) is 11.8. The van der Waals surface area contributed by atoms with Gasteiger partial charge in [-0.3, -0.25) is 0 Å². The molecule has 0 N–H and O–H groups in total. The maximum Gasteiger partial charge on any atom is 0.101 e. The fourth-order valence-electron chi connectivity index (χ4n) is 3.19. The fraction of sp³-hybridized carbons (Fsp3) is 0.290. The van der Waals surface area contributed by atoms with Crippen LogP contribution in [0.5, 0.6) is 0 Å². The molecule has 0 atom stereocenters. The van der Waals surface area contributed by atoms with Gasteiger partial charge in [0.2, 0.25) is 0 Å². The average Bonchev–Trinajstić information content (AvgIpc) is 3.05. The first-order valence-corrected chi connectivity index (χ1v) is 11.8. The highest BCUT2D eigenvalue weighted by molar-refractivity contribution is 5.50. The van der Waals surface area contributed by atoms with E-state index in [1.54, 1.807) is 6.08 Å². The number of rotatable bonds is 12. The second kappa shape index (κ2) is 17.5. The Labute approximate surface area is 203 Å². The Bertz CT molecular complexity index is 909. The van der Waals surface area contributed by atoms with Crippen LogP contribution < -0.4 is 0 Å². The predicted molar refractivity (Wildman–Crippen MR) is 146 cm³/mol. The van der Waals surface area contributed by atoms with Crippen molar-refractivity contribution < 1.29 is 10.9 Å². The number of hydrogen-bond acceptors (Lipinski definition) is 2. The summed E-state index contributed by atoms with van der Waals surface area (Å²) in [6.45, 7) is 17.9. The molecule has 0 aliphatic heterocycles. The molecule has 1 aromatic carbocycles. The summed E-state index contributed by atoms with van der Waals surface area (Å²) in [7, 11) is 0. The van der Waals surface area contributed by atoms with Crippen LogP contribution in [-0.2, 0) is 22.5 Å². The van der Waals surface area contributed by atoms with Crippen molar-refractivity contribution in [1.82, 2.24) is 0 Å². The van der Waals surface area contributed by atoms with Crippen LogP contribution in [0, 0.1) is 0 Å². The molecule has 2 heteroatoms. The molecule has 0 radical (unpaired) electrons. The Morgan fingerprint density at radius 3 is 2.48 bits per heavy atom. The zero-order valence-corrected chi connectivity index (χ0v) is 20.8. The lowest BCUT2D eigenvalue weighted by atomic mass is 9.99. The molecule has 1 aliphatic rings. The zero-order valence-electron chi connectivity index (χ0n) is 20.8. The first kappa shape index (κ1) is 27.9. The van der Waals surface area contributed by atoms with Crippen molar-refractivity contribution in [3.05, 3.63) is 132 Å². The number of allylic oxidation sites excluding steroid dienone is 13. The van der Waals surface area contributed by atoms with Crippen LogP contribution in [0.3, 0.4) is 0 Å². The molecule has 1 aromatic rings. The highest BCUT2D eigenvalue weighted by atomic mass is 16.5. The zero-order chi connectivity index (χ0) is 24.3. The van der Waals surface area contributed by atoms with E-state index in [1.165, 1.54) is 16.7 Å². The molecule has 0 saturated heterocycles. The second-order valence-corrected chi connectivity index (χ2v) is 7.31. The summed E-state index contributed by atoms with van der Waals surface area (Å²) >= 11 is 0. The summed E-state index contributed by atoms with van der Waals surface area (Å²) in [5.74, 6) is 0.931. The van der Waals surface area contributed by atoms with Gasteiger partial charge in [0.05, 0.1) is 19.8 Å². The highest BCUT2D eigenvalue weighted by Crippen LogP contribution is 2.23. The van der Waals surface area contributed by atoms with Crippen LogP contribution in [0.1, 0.15) is 46.7 Å². The molecule has 0 fully saturated rings. The summed E-state index contributed by atoms with van der Waals surface area (Å²) in [5, 5.41) is 0. The van der Waals surface area contributed by atoms with E-state index >= 15 is 0 Å². The standard InChI is InChI=1S/C29H34O2.C2H6.H2/c1-5-7-8-9-13-20-30-23-27-18-16-26(17-19-27)22-28(31-6-2)21-25(4)29-15-12-10-11-14-24(29)3;1-2;/h5,7-13,15-19,21H,1,4,6,14,20,22-23H2,2-3H3;1-2H3;1H/b8-7-,13-9-,28-21-;;. The minimum atomic E-state index is 0. The lowest BCUT2D eigenvalue weighted by Crippen LogP contribution is -1.99. The van der Waals surface area contributed by atoms with Crippen LogP contribution in [0.4, 0.5) is 0 Å². The number of benzene rings is 1. The molecule has 0 aromatic heterocycles. The lowest BCUT2D eigenvalue weighted by Gasteiger charge is -2.12. The van der Waals surface area contributed by atoms with Crippen molar-refractivity contribution in [3.63, 3.8) is 0 Å². The Hall–Kier alpha value is -3.10. The van der Waals surface area contributed by atoms with Crippen LogP contribution in [0.25, 0.3) is 0 Å². The maximum absolute atomic E-state index is 5.92. The van der Waals surface area contributed by atoms with Crippen molar-refractivity contribution in [3.8, 4) is 0 Å². The van der Waals surface area contributed by atoms with Crippen LogP contribution in [-0.4, -0.2) is 13.2 Å². The van der Waals surface area contributed by atoms with Gasteiger partial charge in [0.1, 0.15) is 5.76 Å². The number of hydrogen-bond donors (Lipinski definition) is 0. The lowest BCUT2D eigenvalue weighted by molar-refractivity contribution is 0.148. The average molecular weight is 447 g/mol. The van der Waals surface area contributed by atoms with Gasteiger partial charge in [0.25, 0.3) is 0 Å². The van der Waals surface area contributed by atoms with Gasteiger partial charge >= 0.3 is 0 Å². The van der Waals surface area contributed by atoms with E-state index < -0.39 is 0 Å². The monoisotopic (exact) mass is 446 g/mol. The topological polar surface area (TPSA) is 18.5 Å². The van der Waals surface area contributed by atoms with Gasteiger partial charge < -0.3 is 9.47 Å². The molecule has 1 aliphatic carbocycles.